The lowest BCUT2D eigenvalue weighted by atomic mass is 10.1. The molecule has 0 unspecified atom stereocenters. The molecule has 0 radical (unpaired) electrons. The summed E-state index contributed by atoms with van der Waals surface area (Å²) in [5.74, 6) is -3.08. The molecule has 0 bridgehead atoms. The van der Waals surface area contributed by atoms with Gasteiger partial charge in [-0.15, -0.1) is 11.3 Å². The van der Waals surface area contributed by atoms with Crippen LogP contribution in [0, 0.1) is 13.8 Å². The predicted molar refractivity (Wildman–Crippen MR) is 172 cm³/mol. The van der Waals surface area contributed by atoms with Crippen molar-refractivity contribution in [2.45, 2.75) is 46.2 Å². The molecule has 1 amide bonds. The molecule has 1 aromatic heterocycles. The SMILES string of the molecule is CC(F)(F)c1cccc(CNCCCNC(=O)c2cccc(C=O)c2)c1.Cc1ccccc1.Cc1csc(CN(C)C)n1. The van der Waals surface area contributed by atoms with Crippen LogP contribution in [0.4, 0.5) is 8.78 Å². The fraction of sp³-hybridized carbons (Fsp3) is 0.324. The van der Waals surface area contributed by atoms with E-state index in [1.54, 1.807) is 41.7 Å². The number of thiazole rings is 1. The van der Waals surface area contributed by atoms with Gasteiger partial charge in [-0.2, -0.15) is 0 Å². The summed E-state index contributed by atoms with van der Waals surface area (Å²) >= 11 is 1.73. The molecule has 0 saturated heterocycles. The van der Waals surface area contributed by atoms with Crippen LogP contribution in [0.25, 0.3) is 0 Å². The van der Waals surface area contributed by atoms with E-state index in [1.807, 2.05) is 25.1 Å². The Morgan fingerprint density at radius 3 is 2.28 bits per heavy atom. The average molecular weight is 609 g/mol. The number of rotatable bonds is 11. The van der Waals surface area contributed by atoms with Gasteiger partial charge in [-0.3, -0.25) is 9.59 Å². The quantitative estimate of drug-likeness (QED) is 0.141. The molecule has 0 spiro atoms. The second-order valence-electron chi connectivity index (χ2n) is 10.4. The van der Waals surface area contributed by atoms with Gasteiger partial charge in [0.1, 0.15) is 11.3 Å². The van der Waals surface area contributed by atoms with Crippen LogP contribution >= 0.6 is 11.3 Å². The smallest absolute Gasteiger partial charge is 0.270 e. The summed E-state index contributed by atoms with van der Waals surface area (Å²) in [6, 6.07) is 23.1. The fourth-order valence-corrected chi connectivity index (χ4v) is 4.63. The maximum Gasteiger partial charge on any atom is 0.270 e. The van der Waals surface area contributed by atoms with E-state index in [4.69, 9.17) is 0 Å². The second kappa shape index (κ2) is 18.7. The minimum Gasteiger partial charge on any atom is -0.352 e. The van der Waals surface area contributed by atoms with Gasteiger partial charge in [0.05, 0.1) is 0 Å². The third-order valence-electron chi connectivity index (χ3n) is 5.92. The van der Waals surface area contributed by atoms with Crippen molar-refractivity contribution in [2.75, 3.05) is 27.2 Å². The van der Waals surface area contributed by atoms with Crippen molar-refractivity contribution < 1.29 is 18.4 Å². The molecular weight excluding hydrogens is 566 g/mol. The first-order valence-corrected chi connectivity index (χ1v) is 14.9. The van der Waals surface area contributed by atoms with Crippen molar-refractivity contribution in [2.24, 2.45) is 0 Å². The van der Waals surface area contributed by atoms with Gasteiger partial charge in [-0.25, -0.2) is 13.8 Å². The summed E-state index contributed by atoms with van der Waals surface area (Å²) < 4.78 is 26.6. The average Bonchev–Trinajstić information content (AvgIpc) is 3.39. The van der Waals surface area contributed by atoms with Gasteiger partial charge in [0.2, 0.25) is 0 Å². The van der Waals surface area contributed by atoms with Crippen LogP contribution in [0.2, 0.25) is 0 Å². The predicted octanol–water partition coefficient (Wildman–Crippen LogP) is 7.03. The number of aromatic nitrogens is 1. The minimum absolute atomic E-state index is 0.00150. The van der Waals surface area contributed by atoms with Crippen LogP contribution < -0.4 is 10.6 Å². The molecular formula is C34H42F2N4O2S. The monoisotopic (exact) mass is 608 g/mol. The normalized spacial score (nSPS) is 10.7. The van der Waals surface area contributed by atoms with Crippen LogP contribution in [-0.2, 0) is 19.0 Å². The van der Waals surface area contributed by atoms with Gasteiger partial charge in [0, 0.05) is 54.3 Å². The molecule has 43 heavy (non-hydrogen) atoms. The van der Waals surface area contributed by atoms with Crippen molar-refractivity contribution in [3.8, 4) is 0 Å². The number of benzene rings is 3. The van der Waals surface area contributed by atoms with Gasteiger partial charge in [-0.1, -0.05) is 66.2 Å². The molecule has 0 saturated carbocycles. The Kier molecular flexibility index (Phi) is 15.4. The first-order chi connectivity index (χ1) is 20.5. The third kappa shape index (κ3) is 14.8. The van der Waals surface area contributed by atoms with Crippen molar-refractivity contribution in [3.63, 3.8) is 0 Å². The van der Waals surface area contributed by atoms with Crippen molar-refractivity contribution in [1.29, 1.82) is 0 Å². The number of amides is 1. The first kappa shape index (κ1) is 35.4. The van der Waals surface area contributed by atoms with Crippen molar-refractivity contribution in [1.82, 2.24) is 20.5 Å². The molecule has 0 aliphatic rings. The Hall–Kier alpha value is -3.79. The van der Waals surface area contributed by atoms with E-state index in [0.717, 1.165) is 24.7 Å². The largest absolute Gasteiger partial charge is 0.352 e. The minimum atomic E-state index is -2.85. The zero-order valence-corrected chi connectivity index (χ0v) is 26.4. The molecule has 1 heterocycles. The summed E-state index contributed by atoms with van der Waals surface area (Å²) in [6.07, 6.45) is 1.40. The van der Waals surface area contributed by atoms with Gasteiger partial charge < -0.3 is 15.5 Å². The van der Waals surface area contributed by atoms with E-state index < -0.39 is 5.92 Å². The number of aldehydes is 1. The van der Waals surface area contributed by atoms with Crippen LogP contribution in [0.3, 0.4) is 0 Å². The lowest BCUT2D eigenvalue weighted by Crippen LogP contribution is -2.27. The summed E-state index contributed by atoms with van der Waals surface area (Å²) in [6.45, 7) is 7.55. The highest BCUT2D eigenvalue weighted by molar-refractivity contribution is 7.09. The molecule has 0 aliphatic carbocycles. The number of halogens is 2. The van der Waals surface area contributed by atoms with Crippen molar-refractivity contribution in [3.05, 3.63) is 123 Å². The first-order valence-electron chi connectivity index (χ1n) is 14.1. The van der Waals surface area contributed by atoms with E-state index in [-0.39, 0.29) is 11.5 Å². The molecule has 0 atom stereocenters. The van der Waals surface area contributed by atoms with Gasteiger partial charge in [-0.05, 0) is 64.7 Å². The lowest BCUT2D eigenvalue weighted by Gasteiger charge is -2.12. The summed E-state index contributed by atoms with van der Waals surface area (Å²) in [4.78, 5) is 29.2. The Bertz CT molecular complexity index is 1390. The van der Waals surface area contributed by atoms with Gasteiger partial charge in [0.25, 0.3) is 11.8 Å². The molecule has 230 valence electrons. The fourth-order valence-electron chi connectivity index (χ4n) is 3.74. The molecule has 6 nitrogen and oxygen atoms in total. The summed E-state index contributed by atoms with van der Waals surface area (Å²) in [5.41, 5.74) is 4.14. The maximum atomic E-state index is 13.3. The van der Waals surface area contributed by atoms with Crippen LogP contribution in [0.5, 0.6) is 0 Å². The Labute approximate surface area is 258 Å². The number of aryl methyl sites for hydroxylation is 2. The van der Waals surface area contributed by atoms with E-state index in [2.05, 4.69) is 59.0 Å². The zero-order valence-electron chi connectivity index (χ0n) is 25.6. The molecule has 9 heteroatoms. The molecule has 3 aromatic carbocycles. The van der Waals surface area contributed by atoms with Crippen LogP contribution in [0.1, 0.15) is 61.5 Å². The standard InChI is InChI=1S/C20H22F2N2O2.C7H12N2S.C7H8/c1-20(21,22)18-8-3-5-15(12-18)13-23-9-4-10-24-19(26)17-7-2-6-16(11-17)14-25;1-6-5-10-7(8-6)4-9(2)3;1-7-5-3-2-4-6-7/h2-3,5-8,11-12,14,23H,4,9-10,13H2,1H3,(H,24,26);5H,4H2,1-3H3;2-6H,1H3. The van der Waals surface area contributed by atoms with E-state index in [0.29, 0.717) is 43.5 Å². The number of alkyl halides is 2. The number of nitrogens with zero attached hydrogens (tertiary/aromatic N) is 2. The summed E-state index contributed by atoms with van der Waals surface area (Å²) in [7, 11) is 4.10. The molecule has 2 N–H and O–H groups in total. The second-order valence-corrected chi connectivity index (χ2v) is 11.3. The lowest BCUT2D eigenvalue weighted by molar-refractivity contribution is 0.0174. The Morgan fingerprint density at radius 1 is 0.977 bits per heavy atom. The number of hydrogen-bond donors (Lipinski definition) is 2. The van der Waals surface area contributed by atoms with E-state index in [9.17, 15) is 18.4 Å². The van der Waals surface area contributed by atoms with Gasteiger partial charge in [0.15, 0.2) is 0 Å². The highest BCUT2D eigenvalue weighted by Crippen LogP contribution is 2.27. The Morgan fingerprint density at radius 2 is 1.70 bits per heavy atom. The third-order valence-corrected chi connectivity index (χ3v) is 6.87. The molecule has 0 aliphatic heterocycles. The number of nitrogens with one attached hydrogen (secondary N) is 2. The zero-order chi connectivity index (χ0) is 31.7. The summed E-state index contributed by atoms with van der Waals surface area (Å²) in [5, 5.41) is 9.23. The topological polar surface area (TPSA) is 74.3 Å². The number of carbonyl (C=O) groups is 2. The van der Waals surface area contributed by atoms with Gasteiger partial charge >= 0.3 is 0 Å². The number of carbonyl (C=O) groups excluding carboxylic acids is 2. The van der Waals surface area contributed by atoms with Crippen LogP contribution in [0.15, 0.2) is 84.2 Å². The highest BCUT2D eigenvalue weighted by atomic mass is 32.1. The Balaban J connectivity index is 0.000000306. The molecule has 4 aromatic rings. The molecule has 4 rings (SSSR count). The van der Waals surface area contributed by atoms with E-state index >= 15 is 0 Å². The maximum absolute atomic E-state index is 13.3. The van der Waals surface area contributed by atoms with Crippen molar-refractivity contribution >= 4 is 23.5 Å². The highest BCUT2D eigenvalue weighted by Gasteiger charge is 2.23. The van der Waals surface area contributed by atoms with Crippen LogP contribution in [-0.4, -0.2) is 49.3 Å². The molecule has 0 fully saturated rings. The number of hydrogen-bond acceptors (Lipinski definition) is 6. The van der Waals surface area contributed by atoms with E-state index in [1.165, 1.54) is 28.8 Å².